The van der Waals surface area contributed by atoms with E-state index < -0.39 is 0 Å². The summed E-state index contributed by atoms with van der Waals surface area (Å²) in [5.74, 6) is 0. The molecule has 0 saturated carbocycles. The topological polar surface area (TPSA) is 43.1 Å². The zero-order valence-corrected chi connectivity index (χ0v) is 9.75. The third kappa shape index (κ3) is 1.96. The summed E-state index contributed by atoms with van der Waals surface area (Å²) in [4.78, 5) is 10.8. The van der Waals surface area contributed by atoms with E-state index in [9.17, 15) is 4.79 Å². The van der Waals surface area contributed by atoms with Gasteiger partial charge >= 0.3 is 0 Å². The van der Waals surface area contributed by atoms with Gasteiger partial charge in [0.15, 0.2) is 6.29 Å². The van der Waals surface area contributed by atoms with Crippen LogP contribution in [0.2, 0.25) is 5.22 Å². The summed E-state index contributed by atoms with van der Waals surface area (Å²) >= 11 is 9.00. The fourth-order valence-electron chi connectivity index (χ4n) is 1.22. The zero-order chi connectivity index (χ0) is 10.8. The lowest BCUT2D eigenvalue weighted by Gasteiger charge is -1.96. The molecule has 0 aliphatic heterocycles. The van der Waals surface area contributed by atoms with E-state index in [0.29, 0.717) is 12.0 Å². The second-order valence-corrected chi connectivity index (χ2v) is 4.11. The molecular weight excluding hydrogens is 281 g/mol. The summed E-state index contributed by atoms with van der Waals surface area (Å²) in [6.07, 6.45) is 0.634. The van der Waals surface area contributed by atoms with Gasteiger partial charge in [-0.15, -0.1) is 0 Å². The van der Waals surface area contributed by atoms with Crippen molar-refractivity contribution >= 4 is 33.8 Å². The predicted molar refractivity (Wildman–Crippen MR) is 60.0 cm³/mol. The van der Waals surface area contributed by atoms with Crippen molar-refractivity contribution in [2.24, 2.45) is 0 Å². The Bertz CT molecular complexity index is 510. The zero-order valence-electron chi connectivity index (χ0n) is 7.41. The van der Waals surface area contributed by atoms with Gasteiger partial charge in [0.1, 0.15) is 11.3 Å². The van der Waals surface area contributed by atoms with E-state index >= 15 is 0 Å². The van der Waals surface area contributed by atoms with E-state index in [4.69, 9.17) is 16.1 Å². The highest BCUT2D eigenvalue weighted by molar-refractivity contribution is 9.10. The molecule has 0 saturated heterocycles. The van der Waals surface area contributed by atoms with Crippen molar-refractivity contribution < 1.29 is 9.32 Å². The molecule has 0 amide bonds. The fraction of sp³-hybridized carbons (Fsp3) is 0. The first-order valence-corrected chi connectivity index (χ1v) is 5.25. The smallest absolute Gasteiger partial charge is 0.237 e. The average molecular weight is 287 g/mol. The molecule has 0 radical (unpaired) electrons. The van der Waals surface area contributed by atoms with Crippen LogP contribution in [0.5, 0.6) is 0 Å². The molecule has 0 aliphatic rings. The number of nitrogens with zero attached hydrogens (tertiary/aromatic N) is 1. The second-order valence-electron chi connectivity index (χ2n) is 2.85. The molecule has 0 bridgehead atoms. The Kier molecular flexibility index (Phi) is 2.88. The van der Waals surface area contributed by atoms with Gasteiger partial charge in [0.2, 0.25) is 5.22 Å². The fourth-order valence-corrected chi connectivity index (χ4v) is 1.79. The largest absolute Gasteiger partial charge is 0.343 e. The van der Waals surface area contributed by atoms with Gasteiger partial charge in [-0.05, 0) is 23.7 Å². The van der Waals surface area contributed by atoms with E-state index in [1.807, 2.05) is 24.3 Å². The lowest BCUT2D eigenvalue weighted by molar-refractivity contribution is 0.112. The van der Waals surface area contributed by atoms with E-state index in [2.05, 4.69) is 21.1 Å². The number of halogens is 2. The first kappa shape index (κ1) is 10.4. The molecule has 2 aromatic rings. The van der Waals surface area contributed by atoms with Crippen molar-refractivity contribution in [2.45, 2.75) is 0 Å². The molecule has 0 unspecified atom stereocenters. The number of benzene rings is 1. The average Bonchev–Trinajstić information content (AvgIpc) is 2.59. The van der Waals surface area contributed by atoms with Crippen molar-refractivity contribution in [1.29, 1.82) is 0 Å². The first-order valence-electron chi connectivity index (χ1n) is 4.08. The Balaban J connectivity index is 2.58. The molecule has 3 nitrogen and oxygen atoms in total. The van der Waals surface area contributed by atoms with Gasteiger partial charge in [0.25, 0.3) is 0 Å². The van der Waals surface area contributed by atoms with Crippen LogP contribution in [-0.4, -0.2) is 11.4 Å². The molecular formula is C10H5BrClNO2. The number of hydrogen-bond acceptors (Lipinski definition) is 3. The van der Waals surface area contributed by atoms with Gasteiger partial charge in [-0.25, -0.2) is 0 Å². The van der Waals surface area contributed by atoms with Gasteiger partial charge < -0.3 is 4.52 Å². The summed E-state index contributed by atoms with van der Waals surface area (Å²) in [5.41, 5.74) is 1.51. The van der Waals surface area contributed by atoms with Crippen molar-refractivity contribution in [3.63, 3.8) is 0 Å². The maximum Gasteiger partial charge on any atom is 0.237 e. The summed E-state index contributed by atoms with van der Waals surface area (Å²) < 4.78 is 5.65. The molecule has 5 heteroatoms. The van der Waals surface area contributed by atoms with Gasteiger partial charge in [-0.1, -0.05) is 33.2 Å². The van der Waals surface area contributed by atoms with E-state index in [1.54, 1.807) is 0 Å². The Labute approximate surface area is 99.2 Å². The van der Waals surface area contributed by atoms with Crippen molar-refractivity contribution in [1.82, 2.24) is 5.16 Å². The molecule has 0 spiro atoms. The number of hydrogen-bond donors (Lipinski definition) is 0. The Hall–Kier alpha value is -1.13. The van der Waals surface area contributed by atoms with Crippen LogP contribution in [0, 0.1) is 0 Å². The highest BCUT2D eigenvalue weighted by atomic mass is 79.9. The lowest BCUT2D eigenvalue weighted by Crippen LogP contribution is -1.84. The van der Waals surface area contributed by atoms with Crippen molar-refractivity contribution in [2.75, 3.05) is 0 Å². The summed E-state index contributed by atoms with van der Waals surface area (Å²) in [6, 6.07) is 7.38. The second kappa shape index (κ2) is 4.16. The molecule has 1 aromatic carbocycles. The van der Waals surface area contributed by atoms with Gasteiger partial charge in [-0.2, -0.15) is 0 Å². The SMILES string of the molecule is O=Cc1c(-c2cccc(Br)c2)noc1Cl. The van der Waals surface area contributed by atoms with Crippen LogP contribution >= 0.6 is 27.5 Å². The van der Waals surface area contributed by atoms with Crippen LogP contribution in [-0.2, 0) is 0 Å². The third-order valence-corrected chi connectivity index (χ3v) is 2.67. The van der Waals surface area contributed by atoms with E-state index in [1.165, 1.54) is 0 Å². The Morgan fingerprint density at radius 3 is 2.93 bits per heavy atom. The molecule has 0 fully saturated rings. The summed E-state index contributed by atoms with van der Waals surface area (Å²) in [5, 5.41) is 3.75. The van der Waals surface area contributed by atoms with Crippen LogP contribution in [0.25, 0.3) is 11.3 Å². The Morgan fingerprint density at radius 2 is 2.27 bits per heavy atom. The third-order valence-electron chi connectivity index (χ3n) is 1.90. The highest BCUT2D eigenvalue weighted by Gasteiger charge is 2.15. The molecule has 0 N–H and O–H groups in total. The van der Waals surface area contributed by atoms with Gasteiger partial charge in [-0.3, -0.25) is 4.79 Å². The van der Waals surface area contributed by atoms with Crippen LogP contribution in [0.4, 0.5) is 0 Å². The summed E-state index contributed by atoms with van der Waals surface area (Å²) in [7, 11) is 0. The molecule has 1 heterocycles. The number of aldehydes is 1. The molecule has 76 valence electrons. The molecule has 2 rings (SSSR count). The minimum Gasteiger partial charge on any atom is -0.343 e. The minimum atomic E-state index is 0.0139. The van der Waals surface area contributed by atoms with E-state index in [-0.39, 0.29) is 10.8 Å². The molecule has 1 aromatic heterocycles. The van der Waals surface area contributed by atoms with Crippen LogP contribution < -0.4 is 0 Å². The number of rotatable bonds is 2. The van der Waals surface area contributed by atoms with Crippen LogP contribution in [0.15, 0.2) is 33.3 Å². The number of carbonyl (C=O) groups excluding carboxylic acids is 1. The maximum atomic E-state index is 10.8. The van der Waals surface area contributed by atoms with Crippen molar-refractivity contribution in [3.8, 4) is 11.3 Å². The number of carbonyl (C=O) groups is 1. The lowest BCUT2D eigenvalue weighted by atomic mass is 10.1. The number of aromatic nitrogens is 1. The minimum absolute atomic E-state index is 0.0139. The monoisotopic (exact) mass is 285 g/mol. The normalized spacial score (nSPS) is 10.3. The van der Waals surface area contributed by atoms with Gasteiger partial charge in [0, 0.05) is 10.0 Å². The Morgan fingerprint density at radius 1 is 1.47 bits per heavy atom. The summed E-state index contributed by atoms with van der Waals surface area (Å²) in [6.45, 7) is 0. The molecule has 0 atom stereocenters. The van der Waals surface area contributed by atoms with Crippen molar-refractivity contribution in [3.05, 3.63) is 39.5 Å². The van der Waals surface area contributed by atoms with Gasteiger partial charge in [0.05, 0.1) is 0 Å². The van der Waals surface area contributed by atoms with Crippen LogP contribution in [0.1, 0.15) is 10.4 Å². The van der Waals surface area contributed by atoms with E-state index in [0.717, 1.165) is 10.0 Å². The van der Waals surface area contributed by atoms with Crippen LogP contribution in [0.3, 0.4) is 0 Å². The maximum absolute atomic E-state index is 10.8. The first-order chi connectivity index (χ1) is 7.22. The molecule has 15 heavy (non-hydrogen) atoms. The molecule has 0 aliphatic carbocycles. The standard InChI is InChI=1S/C10H5BrClNO2/c11-7-3-1-2-6(4-7)9-8(5-14)10(12)15-13-9/h1-5H. The quantitative estimate of drug-likeness (QED) is 0.793. The predicted octanol–water partition coefficient (Wildman–Crippen LogP) is 3.57. The highest BCUT2D eigenvalue weighted by Crippen LogP contribution is 2.28.